The number of rotatable bonds is 6. The summed E-state index contributed by atoms with van der Waals surface area (Å²) in [5.41, 5.74) is 1.12. The maximum absolute atomic E-state index is 4.21. The topological polar surface area (TPSA) is 49.8 Å². The van der Waals surface area contributed by atoms with Crippen molar-refractivity contribution >= 4 is 5.95 Å². The molecule has 1 aromatic heterocycles. The average molecular weight is 194 g/mol. The van der Waals surface area contributed by atoms with E-state index in [1.165, 1.54) is 0 Å². The molecule has 0 aliphatic heterocycles. The van der Waals surface area contributed by atoms with Crippen molar-refractivity contribution in [1.82, 2.24) is 15.3 Å². The van der Waals surface area contributed by atoms with Crippen LogP contribution in [0.1, 0.15) is 25.8 Å². The van der Waals surface area contributed by atoms with Crippen LogP contribution >= 0.6 is 0 Å². The molecule has 0 saturated carbocycles. The van der Waals surface area contributed by atoms with Gasteiger partial charge in [0.15, 0.2) is 0 Å². The van der Waals surface area contributed by atoms with Crippen molar-refractivity contribution in [3.8, 4) is 0 Å². The first-order chi connectivity index (χ1) is 6.86. The van der Waals surface area contributed by atoms with Crippen molar-refractivity contribution in [2.75, 3.05) is 18.4 Å². The highest BCUT2D eigenvalue weighted by molar-refractivity contribution is 5.24. The van der Waals surface area contributed by atoms with Gasteiger partial charge in [-0.15, -0.1) is 0 Å². The lowest BCUT2D eigenvalue weighted by Crippen LogP contribution is -2.12. The molecule has 0 radical (unpaired) electrons. The maximum atomic E-state index is 4.21. The highest BCUT2D eigenvalue weighted by Crippen LogP contribution is 1.99. The fourth-order valence-electron chi connectivity index (χ4n) is 1.04. The van der Waals surface area contributed by atoms with Crippen LogP contribution in [0.3, 0.4) is 0 Å². The van der Waals surface area contributed by atoms with E-state index < -0.39 is 0 Å². The van der Waals surface area contributed by atoms with E-state index in [0.29, 0.717) is 5.95 Å². The predicted molar refractivity (Wildman–Crippen MR) is 58.2 cm³/mol. The lowest BCUT2D eigenvalue weighted by Gasteiger charge is -2.04. The van der Waals surface area contributed by atoms with Gasteiger partial charge in [-0.2, -0.15) is 0 Å². The first-order valence-corrected chi connectivity index (χ1v) is 5.12. The molecule has 0 unspecified atom stereocenters. The average Bonchev–Trinajstić information content (AvgIpc) is 2.25. The third-order valence-electron chi connectivity index (χ3n) is 1.82. The van der Waals surface area contributed by atoms with Crippen molar-refractivity contribution in [3.63, 3.8) is 0 Å². The van der Waals surface area contributed by atoms with E-state index >= 15 is 0 Å². The Hall–Kier alpha value is -1.16. The van der Waals surface area contributed by atoms with Crippen LogP contribution in [0.25, 0.3) is 0 Å². The lowest BCUT2D eigenvalue weighted by molar-refractivity contribution is 0.721. The van der Waals surface area contributed by atoms with Crippen LogP contribution < -0.4 is 10.6 Å². The maximum Gasteiger partial charge on any atom is 0.222 e. The molecule has 2 N–H and O–H groups in total. The van der Waals surface area contributed by atoms with E-state index in [1.807, 2.05) is 12.4 Å². The van der Waals surface area contributed by atoms with Gasteiger partial charge in [-0.25, -0.2) is 9.97 Å². The Kier molecular flexibility index (Phi) is 4.93. The van der Waals surface area contributed by atoms with Gasteiger partial charge in [-0.1, -0.05) is 13.8 Å². The van der Waals surface area contributed by atoms with E-state index in [2.05, 4.69) is 34.4 Å². The summed E-state index contributed by atoms with van der Waals surface area (Å²) >= 11 is 0. The van der Waals surface area contributed by atoms with Gasteiger partial charge in [0.05, 0.1) is 0 Å². The minimum absolute atomic E-state index is 0.715. The highest BCUT2D eigenvalue weighted by atomic mass is 15.1. The Morgan fingerprint density at radius 1 is 1.21 bits per heavy atom. The normalized spacial score (nSPS) is 10.1. The Bertz CT molecular complexity index is 218. The predicted octanol–water partition coefficient (Wildman–Crippen LogP) is 1.41. The van der Waals surface area contributed by atoms with E-state index in [-0.39, 0.29) is 0 Å². The molecule has 1 heterocycles. The Labute approximate surface area is 85.2 Å². The molecule has 0 aliphatic carbocycles. The molecule has 1 aromatic rings. The number of anilines is 1. The molecule has 4 nitrogen and oxygen atoms in total. The molecule has 0 amide bonds. The van der Waals surface area contributed by atoms with Crippen LogP contribution in [-0.4, -0.2) is 23.1 Å². The van der Waals surface area contributed by atoms with E-state index in [4.69, 9.17) is 0 Å². The van der Waals surface area contributed by atoms with Gasteiger partial charge in [0.1, 0.15) is 0 Å². The second-order valence-corrected chi connectivity index (χ2v) is 3.12. The van der Waals surface area contributed by atoms with Crippen molar-refractivity contribution in [2.45, 2.75) is 26.8 Å². The van der Waals surface area contributed by atoms with Crippen LogP contribution in [0.5, 0.6) is 0 Å². The number of hydrogen-bond acceptors (Lipinski definition) is 4. The molecule has 0 spiro atoms. The summed E-state index contributed by atoms with van der Waals surface area (Å²) in [5, 5.41) is 6.36. The van der Waals surface area contributed by atoms with E-state index in [1.54, 1.807) is 0 Å². The Balaban J connectivity index is 2.42. The number of hydrogen-bond donors (Lipinski definition) is 2. The minimum atomic E-state index is 0.715. The van der Waals surface area contributed by atoms with Gasteiger partial charge in [0.2, 0.25) is 5.95 Å². The van der Waals surface area contributed by atoms with Crippen LogP contribution in [0.15, 0.2) is 12.4 Å². The summed E-state index contributed by atoms with van der Waals surface area (Å²) in [7, 11) is 0. The molecule has 14 heavy (non-hydrogen) atoms. The molecule has 0 bridgehead atoms. The molecule has 4 heteroatoms. The fourth-order valence-corrected chi connectivity index (χ4v) is 1.04. The zero-order valence-electron chi connectivity index (χ0n) is 8.88. The summed E-state index contributed by atoms with van der Waals surface area (Å²) in [6, 6.07) is 0. The van der Waals surface area contributed by atoms with Gasteiger partial charge in [-0.3, -0.25) is 0 Å². The molecular weight excluding hydrogens is 176 g/mol. The third-order valence-corrected chi connectivity index (χ3v) is 1.82. The van der Waals surface area contributed by atoms with Crippen LogP contribution in [0.2, 0.25) is 0 Å². The van der Waals surface area contributed by atoms with Gasteiger partial charge >= 0.3 is 0 Å². The first kappa shape index (κ1) is 10.9. The summed E-state index contributed by atoms with van der Waals surface area (Å²) in [6.45, 7) is 6.93. The smallest absolute Gasteiger partial charge is 0.222 e. The molecule has 0 fully saturated rings. The van der Waals surface area contributed by atoms with Crippen molar-refractivity contribution < 1.29 is 0 Å². The van der Waals surface area contributed by atoms with E-state index in [9.17, 15) is 0 Å². The molecule has 0 aromatic carbocycles. The molecular formula is C10H18N4. The third kappa shape index (κ3) is 3.70. The van der Waals surface area contributed by atoms with Crippen molar-refractivity contribution in [2.24, 2.45) is 0 Å². The van der Waals surface area contributed by atoms with Crippen LogP contribution in [0.4, 0.5) is 5.95 Å². The summed E-state index contributed by atoms with van der Waals surface area (Å²) in [4.78, 5) is 8.41. The largest absolute Gasteiger partial charge is 0.354 e. The second kappa shape index (κ2) is 6.32. The SMILES string of the molecule is CCCNc1ncc(CNCC)cn1. The summed E-state index contributed by atoms with van der Waals surface area (Å²) in [5.74, 6) is 0.715. The van der Waals surface area contributed by atoms with E-state index in [0.717, 1.165) is 31.6 Å². The molecule has 0 saturated heterocycles. The number of nitrogens with one attached hydrogen (secondary N) is 2. The highest BCUT2D eigenvalue weighted by Gasteiger charge is 1.95. The minimum Gasteiger partial charge on any atom is -0.354 e. The fraction of sp³-hybridized carbons (Fsp3) is 0.600. The van der Waals surface area contributed by atoms with Gasteiger partial charge in [0, 0.05) is 31.0 Å². The zero-order chi connectivity index (χ0) is 10.2. The summed E-state index contributed by atoms with van der Waals surface area (Å²) in [6.07, 6.45) is 4.80. The standard InChI is InChI=1S/C10H18N4/c1-3-5-12-10-13-7-9(8-14-10)6-11-4-2/h7-8,11H,3-6H2,1-2H3,(H,12,13,14). The first-order valence-electron chi connectivity index (χ1n) is 5.12. The van der Waals surface area contributed by atoms with Crippen molar-refractivity contribution in [1.29, 1.82) is 0 Å². The number of nitrogens with zero attached hydrogens (tertiary/aromatic N) is 2. The lowest BCUT2D eigenvalue weighted by atomic mass is 10.3. The Morgan fingerprint density at radius 3 is 2.50 bits per heavy atom. The summed E-state index contributed by atoms with van der Waals surface area (Å²) < 4.78 is 0. The monoisotopic (exact) mass is 194 g/mol. The zero-order valence-corrected chi connectivity index (χ0v) is 8.88. The van der Waals surface area contributed by atoms with Crippen molar-refractivity contribution in [3.05, 3.63) is 18.0 Å². The van der Waals surface area contributed by atoms with Crippen LogP contribution in [-0.2, 0) is 6.54 Å². The molecule has 0 aliphatic rings. The molecule has 78 valence electrons. The molecule has 1 rings (SSSR count). The molecule has 0 atom stereocenters. The van der Waals surface area contributed by atoms with Gasteiger partial charge in [0.25, 0.3) is 0 Å². The van der Waals surface area contributed by atoms with Gasteiger partial charge < -0.3 is 10.6 Å². The van der Waals surface area contributed by atoms with Crippen LogP contribution in [0, 0.1) is 0 Å². The number of aromatic nitrogens is 2. The van der Waals surface area contributed by atoms with Gasteiger partial charge in [-0.05, 0) is 13.0 Å². The quantitative estimate of drug-likeness (QED) is 0.719. The Morgan fingerprint density at radius 2 is 1.93 bits per heavy atom. The second-order valence-electron chi connectivity index (χ2n) is 3.12.